The summed E-state index contributed by atoms with van der Waals surface area (Å²) < 4.78 is 5.67. The quantitative estimate of drug-likeness (QED) is 0.583. The van der Waals surface area contributed by atoms with Gasteiger partial charge in [-0.15, -0.1) is 0 Å². The van der Waals surface area contributed by atoms with Crippen LogP contribution in [0.3, 0.4) is 0 Å². The number of aliphatic carboxylic acids is 1. The molecule has 4 rings (SSSR count). The number of carbonyl (C=O) groups excluding carboxylic acids is 1. The molecule has 3 aromatic carbocycles. The van der Waals surface area contributed by atoms with Gasteiger partial charge in [0.15, 0.2) is 6.04 Å². The van der Waals surface area contributed by atoms with Gasteiger partial charge in [0.05, 0.1) is 12.6 Å². The Morgan fingerprint density at radius 2 is 1.44 bits per heavy atom. The fraction of sp³-hybridized carbons (Fsp3) is 0.231. The Balaban J connectivity index is 1.58. The molecule has 0 bridgehead atoms. The normalized spacial score (nSPS) is 14.2. The molecule has 32 heavy (non-hydrogen) atoms. The molecule has 0 radical (unpaired) electrons. The van der Waals surface area contributed by atoms with Gasteiger partial charge in [0.25, 0.3) is 0 Å². The van der Waals surface area contributed by atoms with Crippen molar-refractivity contribution in [1.82, 2.24) is 4.90 Å². The molecule has 6 nitrogen and oxygen atoms in total. The summed E-state index contributed by atoms with van der Waals surface area (Å²) in [5.41, 5.74) is 5.10. The molecular formula is C26H25NO5. The van der Waals surface area contributed by atoms with E-state index in [1.54, 1.807) is 12.1 Å². The van der Waals surface area contributed by atoms with Gasteiger partial charge in [0.2, 0.25) is 0 Å². The lowest BCUT2D eigenvalue weighted by molar-refractivity contribution is -0.146. The smallest absolute Gasteiger partial charge is 0.410 e. The van der Waals surface area contributed by atoms with Crippen molar-refractivity contribution in [1.29, 1.82) is 0 Å². The second-order valence-corrected chi connectivity index (χ2v) is 7.94. The van der Waals surface area contributed by atoms with Gasteiger partial charge < -0.3 is 14.9 Å². The van der Waals surface area contributed by atoms with E-state index in [1.807, 2.05) is 66.7 Å². The minimum Gasteiger partial charge on any atom is -0.480 e. The lowest BCUT2D eigenvalue weighted by Crippen LogP contribution is -2.50. The van der Waals surface area contributed by atoms with Gasteiger partial charge >= 0.3 is 12.1 Å². The van der Waals surface area contributed by atoms with Crippen molar-refractivity contribution in [2.24, 2.45) is 0 Å². The third-order valence-corrected chi connectivity index (χ3v) is 5.81. The average Bonchev–Trinajstić information content (AvgIpc) is 3.11. The van der Waals surface area contributed by atoms with Gasteiger partial charge in [-0.3, -0.25) is 4.90 Å². The minimum atomic E-state index is -1.43. The maximum atomic E-state index is 13.1. The Bertz CT molecular complexity index is 1070. The maximum absolute atomic E-state index is 13.1. The van der Waals surface area contributed by atoms with Gasteiger partial charge in [-0.25, -0.2) is 9.59 Å². The third kappa shape index (κ3) is 4.22. The van der Waals surface area contributed by atoms with Crippen molar-refractivity contribution < 1.29 is 24.5 Å². The summed E-state index contributed by atoms with van der Waals surface area (Å²) in [6.07, 6.45) is -2.04. The van der Waals surface area contributed by atoms with Crippen LogP contribution in [0.4, 0.5) is 4.79 Å². The van der Waals surface area contributed by atoms with E-state index in [0.717, 1.165) is 32.7 Å². The molecule has 0 fully saturated rings. The topological polar surface area (TPSA) is 87.1 Å². The van der Waals surface area contributed by atoms with Gasteiger partial charge in [0.1, 0.15) is 6.61 Å². The van der Waals surface area contributed by atoms with Crippen LogP contribution in [0.15, 0.2) is 78.9 Å². The molecule has 0 saturated heterocycles. The first-order chi connectivity index (χ1) is 15.5. The number of ether oxygens (including phenoxy) is 1. The molecule has 0 aliphatic heterocycles. The lowest BCUT2D eigenvalue weighted by atomic mass is 9.98. The van der Waals surface area contributed by atoms with E-state index >= 15 is 0 Å². The monoisotopic (exact) mass is 431 g/mol. The lowest BCUT2D eigenvalue weighted by Gasteiger charge is -2.30. The summed E-state index contributed by atoms with van der Waals surface area (Å²) in [7, 11) is 0. The van der Waals surface area contributed by atoms with Crippen LogP contribution in [0.1, 0.15) is 29.5 Å². The van der Waals surface area contributed by atoms with Gasteiger partial charge in [0, 0.05) is 5.92 Å². The Kier molecular flexibility index (Phi) is 6.23. The molecule has 0 aromatic heterocycles. The second kappa shape index (κ2) is 9.24. The summed E-state index contributed by atoms with van der Waals surface area (Å²) in [6, 6.07) is 23.6. The number of carbonyl (C=O) groups is 2. The fourth-order valence-corrected chi connectivity index (χ4v) is 4.33. The van der Waals surface area contributed by atoms with Crippen molar-refractivity contribution in [2.45, 2.75) is 31.5 Å². The largest absolute Gasteiger partial charge is 0.480 e. The molecule has 1 aliphatic carbocycles. The van der Waals surface area contributed by atoms with Crippen LogP contribution in [0.2, 0.25) is 0 Å². The Hall–Kier alpha value is -3.64. The number of nitrogens with zero attached hydrogens (tertiary/aromatic N) is 1. The Morgan fingerprint density at radius 1 is 0.906 bits per heavy atom. The van der Waals surface area contributed by atoms with Crippen molar-refractivity contribution in [3.05, 3.63) is 95.6 Å². The first-order valence-corrected chi connectivity index (χ1v) is 10.5. The fourth-order valence-electron chi connectivity index (χ4n) is 4.33. The summed E-state index contributed by atoms with van der Waals surface area (Å²) in [4.78, 5) is 26.0. The number of hydrogen-bond donors (Lipinski definition) is 2. The number of fused-ring (bicyclic) bond motifs is 3. The van der Waals surface area contributed by atoms with Crippen LogP contribution < -0.4 is 0 Å². The van der Waals surface area contributed by atoms with Gasteiger partial charge in [-0.2, -0.15) is 0 Å². The molecule has 1 aliphatic rings. The number of benzene rings is 3. The van der Waals surface area contributed by atoms with E-state index in [1.165, 1.54) is 6.92 Å². The molecule has 1 amide bonds. The van der Waals surface area contributed by atoms with E-state index in [-0.39, 0.29) is 19.1 Å². The maximum Gasteiger partial charge on any atom is 0.410 e. The number of carboxylic acid groups (broad SMARTS) is 1. The Labute approximate surface area is 186 Å². The van der Waals surface area contributed by atoms with Crippen molar-refractivity contribution >= 4 is 12.1 Å². The number of rotatable bonds is 7. The SMILES string of the molecule is C[C@@H](O)[C@@H](C(=O)O)N(Cc1ccccc1)C(=O)OCC1c2ccccc2-c2ccccc21. The van der Waals surface area contributed by atoms with Crippen molar-refractivity contribution in [3.63, 3.8) is 0 Å². The zero-order chi connectivity index (χ0) is 22.7. The summed E-state index contributed by atoms with van der Waals surface area (Å²) >= 11 is 0. The molecule has 164 valence electrons. The summed E-state index contributed by atoms with van der Waals surface area (Å²) in [6.45, 7) is 1.44. The van der Waals surface area contributed by atoms with E-state index < -0.39 is 24.2 Å². The minimum absolute atomic E-state index is 0.0133. The van der Waals surface area contributed by atoms with Crippen LogP contribution >= 0.6 is 0 Å². The molecule has 0 spiro atoms. The molecule has 0 heterocycles. The molecule has 0 saturated carbocycles. The predicted molar refractivity (Wildman–Crippen MR) is 120 cm³/mol. The molecule has 3 aromatic rings. The van der Waals surface area contributed by atoms with E-state index in [2.05, 4.69) is 0 Å². The highest BCUT2D eigenvalue weighted by Crippen LogP contribution is 2.44. The first kappa shape index (κ1) is 21.6. The van der Waals surface area contributed by atoms with Crippen LogP contribution in [0.5, 0.6) is 0 Å². The number of carboxylic acids is 1. The van der Waals surface area contributed by atoms with Crippen LogP contribution in [-0.4, -0.2) is 45.9 Å². The third-order valence-electron chi connectivity index (χ3n) is 5.81. The summed E-state index contributed by atoms with van der Waals surface area (Å²) in [5, 5.41) is 19.8. The molecule has 2 atom stereocenters. The number of hydrogen-bond acceptors (Lipinski definition) is 4. The number of amides is 1. The summed E-state index contributed by atoms with van der Waals surface area (Å²) in [5.74, 6) is -1.43. The van der Waals surface area contributed by atoms with Gasteiger partial charge in [-0.1, -0.05) is 78.9 Å². The van der Waals surface area contributed by atoms with Crippen LogP contribution in [-0.2, 0) is 16.1 Å². The van der Waals surface area contributed by atoms with E-state index in [9.17, 15) is 19.8 Å². The zero-order valence-electron chi connectivity index (χ0n) is 17.7. The highest BCUT2D eigenvalue weighted by Gasteiger charge is 2.36. The van der Waals surface area contributed by atoms with E-state index in [0.29, 0.717) is 0 Å². The standard InChI is InChI=1S/C26H25NO5/c1-17(28)24(25(29)30)27(15-18-9-3-2-4-10-18)26(31)32-16-23-21-13-7-5-11-19(21)20-12-6-8-14-22(20)23/h2-14,17,23-24,28H,15-16H2,1H3,(H,29,30)/t17-,24+/m1/s1. The highest BCUT2D eigenvalue weighted by atomic mass is 16.6. The molecule has 6 heteroatoms. The zero-order valence-corrected chi connectivity index (χ0v) is 17.7. The molecule has 0 unspecified atom stereocenters. The molecular weight excluding hydrogens is 406 g/mol. The average molecular weight is 431 g/mol. The van der Waals surface area contributed by atoms with Gasteiger partial charge in [-0.05, 0) is 34.7 Å². The van der Waals surface area contributed by atoms with Crippen LogP contribution in [0, 0.1) is 0 Å². The predicted octanol–water partition coefficient (Wildman–Crippen LogP) is 4.27. The number of aliphatic hydroxyl groups is 1. The highest BCUT2D eigenvalue weighted by molar-refractivity contribution is 5.81. The molecule has 2 N–H and O–H groups in total. The second-order valence-electron chi connectivity index (χ2n) is 7.94. The van der Waals surface area contributed by atoms with Crippen LogP contribution in [0.25, 0.3) is 11.1 Å². The number of aliphatic hydroxyl groups excluding tert-OH is 1. The first-order valence-electron chi connectivity index (χ1n) is 10.5. The Morgan fingerprint density at radius 3 is 1.97 bits per heavy atom. The van der Waals surface area contributed by atoms with Crippen molar-refractivity contribution in [3.8, 4) is 11.1 Å². The van der Waals surface area contributed by atoms with E-state index in [4.69, 9.17) is 4.74 Å². The van der Waals surface area contributed by atoms with Crippen molar-refractivity contribution in [2.75, 3.05) is 6.61 Å².